The number of benzene rings is 1. The van der Waals surface area contributed by atoms with Crippen molar-refractivity contribution < 1.29 is 33.3 Å². The molecule has 0 saturated carbocycles. The third-order valence-electron chi connectivity index (χ3n) is 4.22. The van der Waals surface area contributed by atoms with E-state index in [-0.39, 0.29) is 18.3 Å². The predicted molar refractivity (Wildman–Crippen MR) is 112 cm³/mol. The van der Waals surface area contributed by atoms with Crippen molar-refractivity contribution in [2.45, 2.75) is 44.8 Å². The summed E-state index contributed by atoms with van der Waals surface area (Å²) in [5.41, 5.74) is 1.74. The van der Waals surface area contributed by atoms with Gasteiger partial charge in [0.1, 0.15) is 5.82 Å². The molecular formula is C20H23FN3O6S-. The number of rotatable bonds is 10. The van der Waals surface area contributed by atoms with Crippen LogP contribution in [0.3, 0.4) is 0 Å². The topological polar surface area (TPSA) is 156 Å². The molecule has 3 atom stereocenters. The van der Waals surface area contributed by atoms with Crippen LogP contribution in [-0.2, 0) is 16.1 Å². The number of carbonyl (C=O) groups is 1. The number of aromatic nitrogens is 2. The quantitative estimate of drug-likeness (QED) is 0.400. The maximum atomic E-state index is 13.4. The highest BCUT2D eigenvalue weighted by Crippen LogP contribution is 2.30. The summed E-state index contributed by atoms with van der Waals surface area (Å²) in [4.78, 5) is 19.2. The molecule has 0 saturated heterocycles. The van der Waals surface area contributed by atoms with Gasteiger partial charge in [-0.2, -0.15) is 0 Å². The molecule has 11 heteroatoms. The Morgan fingerprint density at radius 3 is 2.45 bits per heavy atom. The molecule has 0 fully saturated rings. The average molecular weight is 452 g/mol. The fourth-order valence-electron chi connectivity index (χ4n) is 2.89. The number of nitrogens with zero attached hydrogens (tertiary/aromatic N) is 2. The van der Waals surface area contributed by atoms with E-state index in [0.717, 1.165) is 0 Å². The second kappa shape index (κ2) is 11.0. The van der Waals surface area contributed by atoms with Gasteiger partial charge in [0.2, 0.25) is 5.95 Å². The Morgan fingerprint density at radius 1 is 1.26 bits per heavy atom. The number of anilines is 1. The zero-order chi connectivity index (χ0) is 23.1. The summed E-state index contributed by atoms with van der Waals surface area (Å²) in [5.74, 6) is -1.97. The van der Waals surface area contributed by atoms with Crippen molar-refractivity contribution >= 4 is 29.3 Å². The first kappa shape index (κ1) is 24.5. The van der Waals surface area contributed by atoms with Crippen molar-refractivity contribution in [2.24, 2.45) is 0 Å². The molecule has 1 heterocycles. The Morgan fingerprint density at radius 2 is 1.90 bits per heavy atom. The van der Waals surface area contributed by atoms with Crippen LogP contribution in [0, 0.1) is 5.82 Å². The molecule has 0 aliphatic carbocycles. The molecule has 0 bridgehead atoms. The lowest BCUT2D eigenvalue weighted by atomic mass is 9.97. The zero-order valence-electron chi connectivity index (χ0n) is 16.9. The Balaban J connectivity index is 2.50. The molecule has 0 spiro atoms. The van der Waals surface area contributed by atoms with Crippen molar-refractivity contribution in [1.29, 1.82) is 0 Å². The number of carboxylic acid groups (broad SMARTS) is 1. The van der Waals surface area contributed by atoms with Crippen molar-refractivity contribution in [3.8, 4) is 11.3 Å². The minimum absolute atomic E-state index is 0.161. The van der Waals surface area contributed by atoms with Gasteiger partial charge in [-0.3, -0.25) is 13.7 Å². The Kier molecular flexibility index (Phi) is 8.75. The van der Waals surface area contributed by atoms with E-state index < -0.39 is 41.7 Å². The Hall–Kier alpha value is -2.73. The minimum Gasteiger partial charge on any atom is -0.755 e. The lowest BCUT2D eigenvalue weighted by Crippen LogP contribution is -2.19. The van der Waals surface area contributed by atoms with Crippen molar-refractivity contribution in [1.82, 2.24) is 9.97 Å². The smallest absolute Gasteiger partial charge is 0.305 e. The number of carboxylic acids is 1. The monoisotopic (exact) mass is 452 g/mol. The molecule has 0 aliphatic rings. The van der Waals surface area contributed by atoms with E-state index >= 15 is 0 Å². The molecular weight excluding hydrogens is 429 g/mol. The van der Waals surface area contributed by atoms with Crippen LogP contribution in [0.2, 0.25) is 0 Å². The molecule has 1 unspecified atom stereocenters. The summed E-state index contributed by atoms with van der Waals surface area (Å²) in [5, 5.41) is 28.6. The number of aliphatic carboxylic acids is 1. The average Bonchev–Trinajstić information content (AvgIpc) is 2.65. The van der Waals surface area contributed by atoms with E-state index in [2.05, 4.69) is 14.7 Å². The van der Waals surface area contributed by atoms with Crippen LogP contribution >= 0.6 is 0 Å². The van der Waals surface area contributed by atoms with Gasteiger partial charge in [0.05, 0.1) is 30.0 Å². The lowest BCUT2D eigenvalue weighted by molar-refractivity contribution is -0.139. The van der Waals surface area contributed by atoms with Gasteiger partial charge in [-0.15, -0.1) is 0 Å². The Bertz CT molecular complexity index is 968. The van der Waals surface area contributed by atoms with Gasteiger partial charge in [0.15, 0.2) is 0 Å². The van der Waals surface area contributed by atoms with Crippen LogP contribution < -0.4 is 4.72 Å². The first-order chi connectivity index (χ1) is 14.6. The highest BCUT2D eigenvalue weighted by Gasteiger charge is 2.18. The van der Waals surface area contributed by atoms with E-state index in [1.54, 1.807) is 0 Å². The molecule has 1 aromatic carbocycles. The molecule has 0 amide bonds. The predicted octanol–water partition coefficient (Wildman–Crippen LogP) is 2.21. The summed E-state index contributed by atoms with van der Waals surface area (Å²) in [7, 11) is 0. The first-order valence-corrected chi connectivity index (χ1v) is 10.4. The maximum Gasteiger partial charge on any atom is 0.305 e. The van der Waals surface area contributed by atoms with Gasteiger partial charge in [-0.1, -0.05) is 26.0 Å². The highest BCUT2D eigenvalue weighted by molar-refractivity contribution is 7.80. The van der Waals surface area contributed by atoms with E-state index in [4.69, 9.17) is 5.11 Å². The van der Waals surface area contributed by atoms with Crippen LogP contribution in [0.4, 0.5) is 10.3 Å². The second-order valence-electron chi connectivity index (χ2n) is 7.11. The summed E-state index contributed by atoms with van der Waals surface area (Å²) < 4.78 is 37.6. The number of aliphatic hydroxyl groups is 2. The summed E-state index contributed by atoms with van der Waals surface area (Å²) >= 11 is -2.65. The normalized spacial score (nSPS) is 14.5. The molecule has 2 rings (SSSR count). The summed E-state index contributed by atoms with van der Waals surface area (Å²) in [6.45, 7) is 3.66. The number of aliphatic hydroxyl groups excluding tert-OH is 2. The number of hydrogen-bond acceptors (Lipinski definition) is 7. The van der Waals surface area contributed by atoms with Gasteiger partial charge in [0, 0.05) is 28.8 Å². The molecule has 4 N–H and O–H groups in total. The van der Waals surface area contributed by atoms with Crippen molar-refractivity contribution in [2.75, 3.05) is 4.72 Å². The minimum atomic E-state index is -2.65. The fraction of sp³-hybridized carbons (Fsp3) is 0.350. The third kappa shape index (κ3) is 7.47. The van der Waals surface area contributed by atoms with Crippen LogP contribution in [0.5, 0.6) is 0 Å². The maximum absolute atomic E-state index is 13.4. The Labute approximate surface area is 181 Å². The van der Waals surface area contributed by atoms with Crippen LogP contribution in [0.1, 0.15) is 43.9 Å². The van der Waals surface area contributed by atoms with Gasteiger partial charge >= 0.3 is 5.97 Å². The fourth-order valence-corrected chi connectivity index (χ4v) is 3.13. The largest absolute Gasteiger partial charge is 0.755 e. The van der Waals surface area contributed by atoms with Crippen molar-refractivity contribution in [3.05, 3.63) is 47.4 Å². The van der Waals surface area contributed by atoms with E-state index in [0.29, 0.717) is 22.5 Å². The van der Waals surface area contributed by atoms with Gasteiger partial charge in [0.25, 0.3) is 0 Å². The number of halogens is 1. The SMILES string of the molecule is CC(C)c1nc(NS(=O)[O-])nc(-c2ccc(F)cc2)c1/C=C/[C@@H](O)C[C@@H](O)CC(=O)O. The molecule has 168 valence electrons. The zero-order valence-corrected chi connectivity index (χ0v) is 17.7. The second-order valence-corrected chi connectivity index (χ2v) is 7.78. The summed E-state index contributed by atoms with van der Waals surface area (Å²) in [6.07, 6.45) is -0.193. The number of nitrogens with one attached hydrogen (secondary N) is 1. The number of hydrogen-bond donors (Lipinski definition) is 4. The molecule has 0 radical (unpaired) electrons. The van der Waals surface area contributed by atoms with Crippen molar-refractivity contribution in [3.63, 3.8) is 0 Å². The molecule has 1 aromatic heterocycles. The van der Waals surface area contributed by atoms with E-state index in [1.807, 2.05) is 13.8 Å². The van der Waals surface area contributed by atoms with Gasteiger partial charge < -0.3 is 19.9 Å². The van der Waals surface area contributed by atoms with Crippen LogP contribution in [-0.4, -0.2) is 52.2 Å². The molecule has 31 heavy (non-hydrogen) atoms. The standard InChI is InChI=1S/C20H24FN3O6S/c1-11(2)18-16(8-7-14(25)9-15(26)10-17(27)28)19(12-3-5-13(21)6-4-12)23-20(22-18)24-31(29)30/h3-8,11,14-15,25-26H,9-10H2,1-2H3,(H,27,28)(H,29,30)(H,22,23,24)/p-1/b8-7+/t14-,15-/m1/s1. The van der Waals surface area contributed by atoms with Crippen LogP contribution in [0.15, 0.2) is 30.3 Å². The van der Waals surface area contributed by atoms with E-state index in [9.17, 15) is 28.2 Å². The first-order valence-electron chi connectivity index (χ1n) is 9.36. The van der Waals surface area contributed by atoms with Gasteiger partial charge in [-0.05, 0) is 30.2 Å². The highest BCUT2D eigenvalue weighted by atomic mass is 32.2. The molecule has 0 aliphatic heterocycles. The van der Waals surface area contributed by atoms with Gasteiger partial charge in [-0.25, -0.2) is 14.4 Å². The summed E-state index contributed by atoms with van der Waals surface area (Å²) in [6, 6.07) is 5.42. The third-order valence-corrected chi connectivity index (χ3v) is 4.57. The molecule has 2 aromatic rings. The molecule has 9 nitrogen and oxygen atoms in total. The van der Waals surface area contributed by atoms with E-state index in [1.165, 1.54) is 36.4 Å². The lowest BCUT2D eigenvalue weighted by Gasteiger charge is -2.17. The van der Waals surface area contributed by atoms with Crippen LogP contribution in [0.25, 0.3) is 17.3 Å².